The Morgan fingerprint density at radius 2 is 2.00 bits per heavy atom. The number of nitrogens with one attached hydrogen (secondary N) is 2. The number of pyridine rings is 1. The van der Waals surface area contributed by atoms with Crippen LogP contribution in [0, 0.1) is 6.92 Å². The smallest absolute Gasteiger partial charge is 0.222 e. The molecule has 134 valence electrons. The highest BCUT2D eigenvalue weighted by Crippen LogP contribution is 2.39. The molecule has 1 amide bonds. The first kappa shape index (κ1) is 17.1. The minimum absolute atomic E-state index is 0.157. The molecule has 0 atom stereocenters. The van der Waals surface area contributed by atoms with Crippen molar-refractivity contribution in [3.63, 3.8) is 0 Å². The molecule has 2 N–H and O–H groups in total. The van der Waals surface area contributed by atoms with E-state index >= 15 is 0 Å². The summed E-state index contributed by atoms with van der Waals surface area (Å²) in [4.78, 5) is 28.9. The largest absolute Gasteiger partial charge is 0.344 e. The molecule has 4 aromatic rings. The fraction of sp³-hybridized carbons (Fsp3) is 0.100. The van der Waals surface area contributed by atoms with E-state index in [9.17, 15) is 4.79 Å². The number of thiazole rings is 1. The Morgan fingerprint density at radius 1 is 1.11 bits per heavy atom. The van der Waals surface area contributed by atoms with E-state index in [1.807, 2.05) is 24.3 Å². The quantitative estimate of drug-likeness (QED) is 0.549. The third kappa shape index (κ3) is 3.63. The summed E-state index contributed by atoms with van der Waals surface area (Å²) in [6.45, 7) is 3.52. The van der Waals surface area contributed by atoms with Crippen LogP contribution in [0.4, 0.5) is 5.82 Å². The molecule has 0 spiro atoms. The molecule has 0 fully saturated rings. The second kappa shape index (κ2) is 7.13. The van der Waals surface area contributed by atoms with Crippen molar-refractivity contribution in [2.45, 2.75) is 13.8 Å². The minimum Gasteiger partial charge on any atom is -0.344 e. The van der Waals surface area contributed by atoms with Crippen LogP contribution in [0.5, 0.6) is 0 Å². The van der Waals surface area contributed by atoms with Crippen molar-refractivity contribution < 1.29 is 4.79 Å². The second-order valence-electron chi connectivity index (χ2n) is 6.11. The van der Waals surface area contributed by atoms with Crippen LogP contribution >= 0.6 is 11.3 Å². The van der Waals surface area contributed by atoms with E-state index in [1.54, 1.807) is 29.9 Å². The summed E-state index contributed by atoms with van der Waals surface area (Å²) >= 11 is 1.55. The average molecular weight is 375 g/mol. The van der Waals surface area contributed by atoms with Gasteiger partial charge >= 0.3 is 0 Å². The van der Waals surface area contributed by atoms with E-state index in [1.165, 1.54) is 12.5 Å². The normalized spacial score (nSPS) is 10.7. The lowest BCUT2D eigenvalue weighted by atomic mass is 10.1. The molecule has 0 aliphatic heterocycles. The fourth-order valence-electron chi connectivity index (χ4n) is 2.79. The van der Waals surface area contributed by atoms with Crippen LogP contribution in [-0.2, 0) is 4.79 Å². The first-order valence-corrected chi connectivity index (χ1v) is 9.23. The molecule has 3 heterocycles. The van der Waals surface area contributed by atoms with Gasteiger partial charge in [-0.15, -0.1) is 11.3 Å². The van der Waals surface area contributed by atoms with Crippen molar-refractivity contribution in [1.29, 1.82) is 0 Å². The molecule has 7 heteroatoms. The van der Waals surface area contributed by atoms with Gasteiger partial charge in [-0.2, -0.15) is 0 Å². The van der Waals surface area contributed by atoms with Crippen molar-refractivity contribution in [1.82, 2.24) is 19.9 Å². The van der Waals surface area contributed by atoms with Crippen LogP contribution < -0.4 is 5.32 Å². The first-order chi connectivity index (χ1) is 13.1. The Labute approximate surface area is 160 Å². The predicted molar refractivity (Wildman–Crippen MR) is 107 cm³/mol. The van der Waals surface area contributed by atoms with Crippen LogP contribution in [-0.4, -0.2) is 25.8 Å². The number of H-pyrrole nitrogens is 1. The summed E-state index contributed by atoms with van der Waals surface area (Å²) < 4.78 is 0. The number of rotatable bonds is 4. The summed E-state index contributed by atoms with van der Waals surface area (Å²) in [5.74, 6) is 1.13. The number of hydrogen-bond acceptors (Lipinski definition) is 5. The number of anilines is 1. The molecule has 27 heavy (non-hydrogen) atoms. The Morgan fingerprint density at radius 3 is 2.74 bits per heavy atom. The first-order valence-electron chi connectivity index (χ1n) is 8.42. The third-order valence-corrected chi connectivity index (χ3v) is 5.05. The minimum atomic E-state index is -0.157. The summed E-state index contributed by atoms with van der Waals surface area (Å²) in [5, 5.41) is 3.55. The number of aromatic amines is 1. The lowest BCUT2D eigenvalue weighted by molar-refractivity contribution is -0.114. The zero-order valence-corrected chi connectivity index (χ0v) is 15.7. The van der Waals surface area contributed by atoms with E-state index in [2.05, 4.69) is 39.3 Å². The van der Waals surface area contributed by atoms with E-state index < -0.39 is 0 Å². The van der Waals surface area contributed by atoms with E-state index in [0.717, 1.165) is 32.5 Å². The summed E-state index contributed by atoms with van der Waals surface area (Å²) in [6.07, 6.45) is 5.20. The Balaban J connectivity index is 1.84. The van der Waals surface area contributed by atoms with Crippen LogP contribution in [0.2, 0.25) is 0 Å². The number of aromatic nitrogens is 4. The van der Waals surface area contributed by atoms with E-state index in [4.69, 9.17) is 4.98 Å². The summed E-state index contributed by atoms with van der Waals surface area (Å²) in [7, 11) is 0. The average Bonchev–Trinajstić information content (AvgIpc) is 3.31. The van der Waals surface area contributed by atoms with E-state index in [0.29, 0.717) is 5.82 Å². The van der Waals surface area contributed by atoms with Gasteiger partial charge in [0, 0.05) is 36.6 Å². The number of nitrogens with zero attached hydrogens (tertiary/aromatic N) is 3. The molecule has 0 aliphatic rings. The maximum atomic E-state index is 11.3. The Hall–Kier alpha value is -3.32. The zero-order valence-electron chi connectivity index (χ0n) is 14.9. The molecule has 0 radical (unpaired) electrons. The molecule has 0 saturated heterocycles. The fourth-order valence-corrected chi connectivity index (χ4v) is 3.84. The Kier molecular flexibility index (Phi) is 4.52. The summed E-state index contributed by atoms with van der Waals surface area (Å²) in [6, 6.07) is 12.0. The monoisotopic (exact) mass is 375 g/mol. The van der Waals surface area contributed by atoms with E-state index in [-0.39, 0.29) is 5.91 Å². The second-order valence-corrected chi connectivity index (χ2v) is 7.11. The molecule has 0 saturated carbocycles. The van der Waals surface area contributed by atoms with Crippen molar-refractivity contribution in [3.05, 3.63) is 60.6 Å². The molecular formula is C20H17N5OS. The van der Waals surface area contributed by atoms with Crippen molar-refractivity contribution in [2.24, 2.45) is 0 Å². The van der Waals surface area contributed by atoms with Gasteiger partial charge in [-0.1, -0.05) is 23.8 Å². The lowest BCUT2D eigenvalue weighted by Gasteiger charge is -2.02. The standard InChI is InChI=1S/C20H17N5OS/c1-12-4-3-5-14(10-12)17-18(19-22-8-9-23-19)27-20(25-17)15-6-7-21-16(11-15)24-13(2)26/h3-11H,1-2H3,(H,22,23)(H,21,24,26). The molecule has 1 aromatic carbocycles. The third-order valence-electron chi connectivity index (χ3n) is 3.94. The molecule has 6 nitrogen and oxygen atoms in total. The maximum Gasteiger partial charge on any atom is 0.222 e. The highest BCUT2D eigenvalue weighted by Gasteiger charge is 2.18. The lowest BCUT2D eigenvalue weighted by Crippen LogP contribution is -2.07. The van der Waals surface area contributed by atoms with Gasteiger partial charge in [0.2, 0.25) is 5.91 Å². The SMILES string of the molecule is CC(=O)Nc1cc(-c2nc(-c3cccc(C)c3)c(-c3ncc[nH]3)s2)ccn1. The zero-order chi connectivity index (χ0) is 18.8. The van der Waals surface area contributed by atoms with Gasteiger partial charge in [0.15, 0.2) is 0 Å². The Bertz CT molecular complexity index is 1100. The number of carbonyl (C=O) groups is 1. The van der Waals surface area contributed by atoms with Gasteiger partial charge in [-0.05, 0) is 25.1 Å². The van der Waals surface area contributed by atoms with Gasteiger partial charge in [0.25, 0.3) is 0 Å². The van der Waals surface area contributed by atoms with Gasteiger partial charge in [0.05, 0.1) is 10.6 Å². The van der Waals surface area contributed by atoms with Gasteiger partial charge in [-0.3, -0.25) is 4.79 Å². The number of amides is 1. The highest BCUT2D eigenvalue weighted by molar-refractivity contribution is 7.18. The molecule has 0 bridgehead atoms. The predicted octanol–water partition coefficient (Wildman–Crippen LogP) is 4.53. The van der Waals surface area contributed by atoms with Gasteiger partial charge in [-0.25, -0.2) is 15.0 Å². The molecule has 3 aromatic heterocycles. The van der Waals surface area contributed by atoms with Crippen LogP contribution in [0.1, 0.15) is 12.5 Å². The molecule has 4 rings (SSSR count). The maximum absolute atomic E-state index is 11.3. The topological polar surface area (TPSA) is 83.6 Å². The number of hydrogen-bond donors (Lipinski definition) is 2. The van der Waals surface area contributed by atoms with Crippen LogP contribution in [0.15, 0.2) is 55.0 Å². The molecular weight excluding hydrogens is 358 g/mol. The van der Waals surface area contributed by atoms with Crippen molar-refractivity contribution in [3.8, 4) is 32.5 Å². The molecule has 0 unspecified atom stereocenters. The van der Waals surface area contributed by atoms with Crippen LogP contribution in [0.3, 0.4) is 0 Å². The number of carbonyl (C=O) groups excluding carboxylic acids is 1. The number of aryl methyl sites for hydroxylation is 1. The number of benzene rings is 1. The highest BCUT2D eigenvalue weighted by atomic mass is 32.1. The van der Waals surface area contributed by atoms with Crippen molar-refractivity contribution >= 4 is 23.1 Å². The summed E-state index contributed by atoms with van der Waals surface area (Å²) in [5.41, 5.74) is 3.99. The van der Waals surface area contributed by atoms with Gasteiger partial charge in [0.1, 0.15) is 16.6 Å². The van der Waals surface area contributed by atoms with Crippen LogP contribution in [0.25, 0.3) is 32.5 Å². The van der Waals surface area contributed by atoms with Gasteiger partial charge < -0.3 is 10.3 Å². The van der Waals surface area contributed by atoms with Crippen molar-refractivity contribution in [2.75, 3.05) is 5.32 Å². The molecule has 0 aliphatic carbocycles. The number of imidazole rings is 1.